The van der Waals surface area contributed by atoms with Crippen LogP contribution in [0.4, 0.5) is 5.69 Å². The number of hydrogen-bond acceptors (Lipinski definition) is 10. The molecule has 0 N–H and O–H groups in total. The fourth-order valence-corrected chi connectivity index (χ4v) is 7.25. The van der Waals surface area contributed by atoms with E-state index in [0.29, 0.717) is 65.7 Å². The van der Waals surface area contributed by atoms with E-state index in [4.69, 9.17) is 40.3 Å². The molecule has 2 aromatic carbocycles. The van der Waals surface area contributed by atoms with Crippen LogP contribution < -0.4 is 19.1 Å². The maximum atomic E-state index is 12.5. The van der Waals surface area contributed by atoms with Gasteiger partial charge in [-0.1, -0.05) is 17.7 Å². The molecule has 246 valence electrons. The summed E-state index contributed by atoms with van der Waals surface area (Å²) in [5.41, 5.74) is 3.72. The van der Waals surface area contributed by atoms with Gasteiger partial charge in [0.15, 0.2) is 11.5 Å². The van der Waals surface area contributed by atoms with Gasteiger partial charge in [0.25, 0.3) is 5.79 Å². The summed E-state index contributed by atoms with van der Waals surface area (Å²) < 4.78 is 31.9. The summed E-state index contributed by atoms with van der Waals surface area (Å²) in [6, 6.07) is 14.0. The predicted molar refractivity (Wildman–Crippen MR) is 175 cm³/mol. The van der Waals surface area contributed by atoms with E-state index in [-0.39, 0.29) is 0 Å². The minimum absolute atomic E-state index is 0.329. The first-order chi connectivity index (χ1) is 22.8. The molecule has 2 aromatic heterocycles. The number of ether oxygens (including phenoxy) is 5. The summed E-state index contributed by atoms with van der Waals surface area (Å²) in [5.74, 6) is 1.50. The van der Waals surface area contributed by atoms with Crippen LogP contribution in [0.3, 0.4) is 0 Å². The fraction of sp³-hybridized carbons (Fsp3) is 0.457. The van der Waals surface area contributed by atoms with Crippen molar-refractivity contribution in [2.75, 3.05) is 38.8 Å². The van der Waals surface area contributed by atoms with Gasteiger partial charge in [0.05, 0.1) is 55.3 Å². The second-order valence-electron chi connectivity index (χ2n) is 12.8. The predicted octanol–water partition coefficient (Wildman–Crippen LogP) is 5.56. The SMILES string of the molecule is COC(=O)c1cc(OC)c2nc(CN3CCN(c4cccc5c4OC(C)(c4ccc(Cl)cn4)O5)[C@H]4CC[C@@H]43)n(CCOC3CC3)c2c1. The largest absolute Gasteiger partial charge is 0.494 e. The Labute approximate surface area is 278 Å². The van der Waals surface area contributed by atoms with E-state index in [0.717, 1.165) is 67.1 Å². The van der Waals surface area contributed by atoms with Crippen molar-refractivity contribution in [3.05, 3.63) is 70.8 Å². The van der Waals surface area contributed by atoms with Crippen LogP contribution in [0.2, 0.25) is 5.02 Å². The molecule has 1 saturated heterocycles. The molecular weight excluding hydrogens is 622 g/mol. The molecule has 2 aliphatic heterocycles. The Balaban J connectivity index is 1.05. The van der Waals surface area contributed by atoms with Crippen LogP contribution in [0.25, 0.3) is 11.0 Å². The van der Waals surface area contributed by atoms with Gasteiger partial charge in [-0.25, -0.2) is 9.78 Å². The van der Waals surface area contributed by atoms with Crippen LogP contribution in [-0.2, 0) is 28.4 Å². The summed E-state index contributed by atoms with van der Waals surface area (Å²) in [7, 11) is 2.99. The Morgan fingerprint density at radius 2 is 1.91 bits per heavy atom. The molecule has 8 rings (SSSR count). The number of nitrogens with zero attached hydrogens (tertiary/aromatic N) is 5. The lowest BCUT2D eigenvalue weighted by Gasteiger charge is -2.54. The summed E-state index contributed by atoms with van der Waals surface area (Å²) in [5, 5.41) is 0.565. The van der Waals surface area contributed by atoms with Gasteiger partial charge in [-0.15, -0.1) is 0 Å². The quantitative estimate of drug-likeness (QED) is 0.201. The van der Waals surface area contributed by atoms with E-state index in [1.807, 2.05) is 31.2 Å². The van der Waals surface area contributed by atoms with Crippen molar-refractivity contribution in [1.29, 1.82) is 0 Å². The average Bonchev–Trinajstić information content (AvgIpc) is 3.72. The highest BCUT2D eigenvalue weighted by atomic mass is 35.5. The first kappa shape index (κ1) is 30.3. The standard InChI is InChI=1S/C35H38ClN5O6/c1-35(30-12-7-22(36)19-37-30)46-28-6-4-5-26(33(28)47-35)40-14-13-39(24-10-11-25(24)40)20-31-38-32-27(41(31)15-16-45-23-8-9-23)17-21(34(42)44-3)18-29(32)43-2/h4-7,12,17-19,23-25H,8-11,13-16,20H2,1-3H3/t24-,25-,35?/m0/s1. The van der Waals surface area contributed by atoms with Gasteiger partial charge < -0.3 is 33.2 Å². The Hall–Kier alpha value is -4.06. The number of methoxy groups -OCH3 is 2. The number of anilines is 1. The Bertz CT molecular complexity index is 1830. The van der Waals surface area contributed by atoms with Crippen LogP contribution in [0.1, 0.15) is 54.5 Å². The third kappa shape index (κ3) is 5.44. The number of fused-ring (bicyclic) bond motifs is 3. The van der Waals surface area contributed by atoms with E-state index in [1.165, 1.54) is 7.11 Å². The van der Waals surface area contributed by atoms with Crippen LogP contribution in [-0.4, -0.2) is 77.5 Å². The van der Waals surface area contributed by atoms with Crippen molar-refractivity contribution in [1.82, 2.24) is 19.4 Å². The van der Waals surface area contributed by atoms with Gasteiger partial charge in [0, 0.05) is 44.8 Å². The molecule has 47 heavy (non-hydrogen) atoms. The highest BCUT2D eigenvalue weighted by Gasteiger charge is 2.47. The third-order valence-corrected chi connectivity index (χ3v) is 10.1. The number of carbonyl (C=O) groups is 1. The normalized spacial score (nSPS) is 23.4. The molecule has 4 aliphatic rings. The average molecular weight is 660 g/mol. The first-order valence-electron chi connectivity index (χ1n) is 16.3. The summed E-state index contributed by atoms with van der Waals surface area (Å²) >= 11 is 6.09. The zero-order valence-corrected chi connectivity index (χ0v) is 27.5. The third-order valence-electron chi connectivity index (χ3n) is 9.84. The molecule has 4 heterocycles. The first-order valence-corrected chi connectivity index (χ1v) is 16.6. The highest BCUT2D eigenvalue weighted by molar-refractivity contribution is 6.30. The van der Waals surface area contributed by atoms with Crippen LogP contribution in [0.15, 0.2) is 48.7 Å². The van der Waals surface area contributed by atoms with E-state index in [9.17, 15) is 4.79 Å². The van der Waals surface area contributed by atoms with Gasteiger partial charge in [0.1, 0.15) is 22.8 Å². The van der Waals surface area contributed by atoms with Crippen molar-refractivity contribution in [3.8, 4) is 17.2 Å². The number of esters is 1. The molecule has 3 atom stereocenters. The summed E-state index contributed by atoms with van der Waals surface area (Å²) in [6.45, 7) is 5.47. The number of aromatic nitrogens is 3. The van der Waals surface area contributed by atoms with Crippen molar-refractivity contribution >= 4 is 34.3 Å². The van der Waals surface area contributed by atoms with Crippen molar-refractivity contribution in [2.45, 2.75) is 69.7 Å². The molecule has 0 radical (unpaired) electrons. The molecule has 2 saturated carbocycles. The molecule has 4 aromatic rings. The Morgan fingerprint density at radius 1 is 1.06 bits per heavy atom. The topological polar surface area (TPSA) is 100 Å². The van der Waals surface area contributed by atoms with E-state index >= 15 is 0 Å². The Kier molecular flexibility index (Phi) is 7.65. The van der Waals surface area contributed by atoms with Crippen molar-refractivity contribution < 1.29 is 28.5 Å². The molecule has 1 unspecified atom stereocenters. The van der Waals surface area contributed by atoms with Crippen LogP contribution in [0.5, 0.6) is 17.2 Å². The Morgan fingerprint density at radius 3 is 2.64 bits per heavy atom. The van der Waals surface area contributed by atoms with Crippen molar-refractivity contribution in [3.63, 3.8) is 0 Å². The second kappa shape index (κ2) is 11.9. The van der Waals surface area contributed by atoms with E-state index < -0.39 is 11.8 Å². The molecule has 2 aliphatic carbocycles. The van der Waals surface area contributed by atoms with E-state index in [1.54, 1.807) is 25.4 Å². The van der Waals surface area contributed by atoms with Crippen LogP contribution >= 0.6 is 11.6 Å². The molecular formula is C35H38ClN5O6. The lowest BCUT2D eigenvalue weighted by atomic mass is 9.81. The van der Waals surface area contributed by atoms with Gasteiger partial charge in [0.2, 0.25) is 0 Å². The molecule has 0 amide bonds. The molecule has 12 heteroatoms. The number of piperazine rings is 1. The smallest absolute Gasteiger partial charge is 0.338 e. The second-order valence-corrected chi connectivity index (χ2v) is 13.2. The molecule has 3 fully saturated rings. The number of pyridine rings is 1. The lowest BCUT2D eigenvalue weighted by molar-refractivity contribution is -0.0717. The van der Waals surface area contributed by atoms with Crippen molar-refractivity contribution in [2.24, 2.45) is 0 Å². The van der Waals surface area contributed by atoms with Crippen LogP contribution in [0, 0.1) is 0 Å². The maximum absolute atomic E-state index is 12.5. The number of hydrogen-bond donors (Lipinski definition) is 0. The summed E-state index contributed by atoms with van der Waals surface area (Å²) in [6.07, 6.45) is 6.38. The lowest BCUT2D eigenvalue weighted by Crippen LogP contribution is -2.64. The molecule has 0 bridgehead atoms. The zero-order chi connectivity index (χ0) is 32.3. The number of benzene rings is 2. The number of para-hydroxylation sites is 1. The maximum Gasteiger partial charge on any atom is 0.338 e. The minimum atomic E-state index is -1.04. The molecule has 11 nitrogen and oxygen atoms in total. The number of carbonyl (C=O) groups excluding carboxylic acids is 1. The number of imidazole rings is 1. The monoisotopic (exact) mass is 659 g/mol. The number of halogens is 1. The fourth-order valence-electron chi connectivity index (χ4n) is 7.13. The number of rotatable bonds is 10. The van der Waals surface area contributed by atoms with Gasteiger partial charge in [-0.2, -0.15) is 0 Å². The highest BCUT2D eigenvalue weighted by Crippen LogP contribution is 2.51. The summed E-state index contributed by atoms with van der Waals surface area (Å²) in [4.78, 5) is 27.1. The van der Waals surface area contributed by atoms with Gasteiger partial charge in [-0.05, 0) is 62.1 Å². The van der Waals surface area contributed by atoms with Gasteiger partial charge in [-0.3, -0.25) is 9.88 Å². The molecule has 0 spiro atoms. The van der Waals surface area contributed by atoms with Gasteiger partial charge >= 0.3 is 5.97 Å². The minimum Gasteiger partial charge on any atom is -0.494 e. The zero-order valence-electron chi connectivity index (χ0n) is 26.8. The van der Waals surface area contributed by atoms with E-state index in [2.05, 4.69) is 25.4 Å².